The molecule has 3 rings (SSSR count). The first-order valence-electron chi connectivity index (χ1n) is 7.17. The Morgan fingerprint density at radius 1 is 1.20 bits per heavy atom. The third-order valence-corrected chi connectivity index (χ3v) is 4.98. The minimum absolute atomic E-state index is 0.215. The van der Waals surface area contributed by atoms with Gasteiger partial charge in [-0.25, -0.2) is 17.8 Å². The molecule has 0 spiro atoms. The number of halogens is 1. The summed E-state index contributed by atoms with van der Waals surface area (Å²) in [6, 6.07) is 9.28. The van der Waals surface area contributed by atoms with Crippen LogP contribution in [0.15, 0.2) is 36.4 Å². The predicted molar refractivity (Wildman–Crippen MR) is 97.2 cm³/mol. The Morgan fingerprint density at radius 2 is 1.96 bits per heavy atom. The Hall–Kier alpha value is -2.52. The number of thiazole rings is 1. The monoisotopic (exact) mass is 379 g/mol. The van der Waals surface area contributed by atoms with Crippen molar-refractivity contribution < 1.29 is 17.6 Å². The molecular formula is C16H14FN3O3S2. The maximum Gasteiger partial charge on any atom is 0.255 e. The number of hydrogen-bond donors (Lipinski definition) is 2. The van der Waals surface area contributed by atoms with Gasteiger partial charge >= 0.3 is 0 Å². The predicted octanol–water partition coefficient (Wildman–Crippen LogP) is 3.37. The van der Waals surface area contributed by atoms with E-state index in [9.17, 15) is 17.6 Å². The van der Waals surface area contributed by atoms with Gasteiger partial charge in [0.25, 0.3) is 5.91 Å². The zero-order valence-electron chi connectivity index (χ0n) is 13.3. The maximum absolute atomic E-state index is 13.6. The van der Waals surface area contributed by atoms with Gasteiger partial charge in [-0.05, 0) is 42.8 Å². The van der Waals surface area contributed by atoms with Gasteiger partial charge in [0.05, 0.1) is 16.5 Å². The van der Waals surface area contributed by atoms with Crippen molar-refractivity contribution in [2.45, 2.75) is 6.92 Å². The van der Waals surface area contributed by atoms with Crippen molar-refractivity contribution in [3.8, 4) is 0 Å². The molecule has 1 aromatic heterocycles. The quantitative estimate of drug-likeness (QED) is 0.727. The summed E-state index contributed by atoms with van der Waals surface area (Å²) in [5, 5.41) is 2.94. The minimum Gasteiger partial charge on any atom is -0.322 e. The maximum atomic E-state index is 13.6. The second kappa shape index (κ2) is 6.41. The number of carbonyl (C=O) groups is 1. The average molecular weight is 379 g/mol. The first-order valence-corrected chi connectivity index (χ1v) is 9.88. The number of rotatable bonds is 4. The van der Waals surface area contributed by atoms with Gasteiger partial charge in [0, 0.05) is 11.3 Å². The molecule has 0 aliphatic carbocycles. The molecule has 130 valence electrons. The summed E-state index contributed by atoms with van der Waals surface area (Å²) in [4.78, 5) is 16.4. The minimum atomic E-state index is -3.40. The van der Waals surface area contributed by atoms with Gasteiger partial charge in [0.15, 0.2) is 5.13 Å². The number of amides is 1. The molecule has 2 N–H and O–H groups in total. The largest absolute Gasteiger partial charge is 0.322 e. The highest BCUT2D eigenvalue weighted by atomic mass is 32.2. The Morgan fingerprint density at radius 3 is 2.64 bits per heavy atom. The lowest BCUT2D eigenvalue weighted by molar-refractivity contribution is 0.102. The van der Waals surface area contributed by atoms with Crippen molar-refractivity contribution in [1.29, 1.82) is 0 Å². The number of aromatic nitrogens is 1. The van der Waals surface area contributed by atoms with Crippen LogP contribution in [0.25, 0.3) is 10.2 Å². The van der Waals surface area contributed by atoms with Gasteiger partial charge in [-0.15, -0.1) is 0 Å². The molecule has 0 saturated heterocycles. The number of sulfonamides is 1. The van der Waals surface area contributed by atoms with E-state index in [0.29, 0.717) is 21.5 Å². The number of hydrogen-bond acceptors (Lipinski definition) is 5. The van der Waals surface area contributed by atoms with Crippen LogP contribution in [-0.2, 0) is 10.0 Å². The van der Waals surface area contributed by atoms with Crippen LogP contribution in [0, 0.1) is 12.7 Å². The van der Waals surface area contributed by atoms with Crippen molar-refractivity contribution in [1.82, 2.24) is 4.98 Å². The first kappa shape index (κ1) is 17.3. The topological polar surface area (TPSA) is 88.2 Å². The molecule has 0 aliphatic heterocycles. The molecule has 1 amide bonds. The van der Waals surface area contributed by atoms with E-state index >= 15 is 0 Å². The molecule has 0 bridgehead atoms. The number of nitrogens with zero attached hydrogens (tertiary/aromatic N) is 1. The van der Waals surface area contributed by atoms with Crippen LogP contribution >= 0.6 is 11.3 Å². The van der Waals surface area contributed by atoms with Crippen molar-refractivity contribution in [2.75, 3.05) is 16.3 Å². The highest BCUT2D eigenvalue weighted by Crippen LogP contribution is 2.29. The summed E-state index contributed by atoms with van der Waals surface area (Å²) >= 11 is 1.15. The fourth-order valence-corrected chi connectivity index (χ4v) is 3.88. The lowest BCUT2D eigenvalue weighted by Crippen LogP contribution is -2.12. The molecule has 0 atom stereocenters. The molecule has 2 aromatic carbocycles. The molecular weight excluding hydrogens is 365 g/mol. The lowest BCUT2D eigenvalue weighted by Gasteiger charge is -2.06. The molecule has 0 aliphatic rings. The van der Waals surface area contributed by atoms with E-state index in [4.69, 9.17) is 0 Å². The van der Waals surface area contributed by atoms with Crippen LogP contribution in [0.5, 0.6) is 0 Å². The lowest BCUT2D eigenvalue weighted by atomic mass is 10.1. The number of fused-ring (bicyclic) bond motifs is 1. The summed E-state index contributed by atoms with van der Waals surface area (Å²) in [5.74, 6) is -0.876. The summed E-state index contributed by atoms with van der Waals surface area (Å²) < 4.78 is 39.1. The second-order valence-electron chi connectivity index (χ2n) is 5.49. The summed E-state index contributed by atoms with van der Waals surface area (Å²) in [7, 11) is -3.40. The second-order valence-corrected chi connectivity index (χ2v) is 8.27. The third-order valence-electron chi connectivity index (χ3n) is 3.35. The number of anilines is 2. The van der Waals surface area contributed by atoms with Crippen molar-refractivity contribution in [2.24, 2.45) is 0 Å². The molecule has 0 unspecified atom stereocenters. The number of nitrogens with one attached hydrogen (secondary N) is 2. The summed E-state index contributed by atoms with van der Waals surface area (Å²) in [6.45, 7) is 1.62. The highest BCUT2D eigenvalue weighted by Gasteiger charge is 2.11. The zero-order chi connectivity index (χ0) is 18.2. The molecule has 0 saturated carbocycles. The standard InChI is InChI=1S/C16H14FN3O3S2/c1-9-3-4-10(7-12(9)17)15(21)18-11-5-6-13-14(8-11)24-16(19-13)20-25(2,22)23/h3-8H,1-2H3,(H,18,21)(H,19,20). The van der Waals surface area contributed by atoms with Gasteiger partial charge < -0.3 is 5.32 Å². The van der Waals surface area contributed by atoms with E-state index in [1.54, 1.807) is 37.3 Å². The Labute approximate surface area is 147 Å². The van der Waals surface area contributed by atoms with Gasteiger partial charge in [-0.1, -0.05) is 17.4 Å². The van der Waals surface area contributed by atoms with Crippen LogP contribution in [0.2, 0.25) is 0 Å². The molecule has 6 nitrogen and oxygen atoms in total. The van der Waals surface area contributed by atoms with Gasteiger partial charge in [0.1, 0.15) is 5.82 Å². The Balaban J connectivity index is 1.83. The molecule has 0 radical (unpaired) electrons. The van der Waals surface area contributed by atoms with Gasteiger partial charge in [0.2, 0.25) is 10.0 Å². The van der Waals surface area contributed by atoms with Crippen LogP contribution in [0.4, 0.5) is 15.2 Å². The van der Waals surface area contributed by atoms with Crippen molar-refractivity contribution in [3.63, 3.8) is 0 Å². The van der Waals surface area contributed by atoms with E-state index < -0.39 is 21.7 Å². The fourth-order valence-electron chi connectivity index (χ4n) is 2.14. The van der Waals surface area contributed by atoms with E-state index in [2.05, 4.69) is 15.0 Å². The van der Waals surface area contributed by atoms with Crippen molar-refractivity contribution in [3.05, 3.63) is 53.3 Å². The average Bonchev–Trinajstić information content (AvgIpc) is 2.89. The third kappa shape index (κ3) is 4.12. The normalized spacial score (nSPS) is 11.5. The Kier molecular flexibility index (Phi) is 4.44. The SMILES string of the molecule is Cc1ccc(C(=O)Nc2ccc3nc(NS(C)(=O)=O)sc3c2)cc1F. The number of carbonyl (C=O) groups excluding carboxylic acids is 1. The van der Waals surface area contributed by atoms with Crippen LogP contribution in [0.3, 0.4) is 0 Å². The van der Waals surface area contributed by atoms with Crippen LogP contribution < -0.4 is 10.0 Å². The van der Waals surface area contributed by atoms with E-state index in [0.717, 1.165) is 17.6 Å². The molecule has 25 heavy (non-hydrogen) atoms. The molecule has 9 heteroatoms. The zero-order valence-corrected chi connectivity index (χ0v) is 15.0. The first-order chi connectivity index (χ1) is 11.7. The Bertz CT molecular complexity index is 1080. The highest BCUT2D eigenvalue weighted by molar-refractivity contribution is 7.92. The van der Waals surface area contributed by atoms with Crippen LogP contribution in [-0.4, -0.2) is 25.6 Å². The molecule has 0 fully saturated rings. The number of aryl methyl sites for hydroxylation is 1. The van der Waals surface area contributed by atoms with Crippen LogP contribution in [0.1, 0.15) is 15.9 Å². The van der Waals surface area contributed by atoms with Gasteiger partial charge in [-0.2, -0.15) is 0 Å². The van der Waals surface area contributed by atoms with Gasteiger partial charge in [-0.3, -0.25) is 9.52 Å². The van der Waals surface area contributed by atoms with E-state index in [-0.39, 0.29) is 10.7 Å². The summed E-state index contributed by atoms with van der Waals surface area (Å²) in [6.07, 6.45) is 1.05. The van der Waals surface area contributed by atoms with Crippen molar-refractivity contribution >= 4 is 48.3 Å². The fraction of sp³-hybridized carbons (Fsp3) is 0.125. The summed E-state index contributed by atoms with van der Waals surface area (Å²) in [5.41, 5.74) is 1.80. The molecule has 3 aromatic rings. The molecule has 1 heterocycles. The smallest absolute Gasteiger partial charge is 0.255 e. The van der Waals surface area contributed by atoms with E-state index in [1.807, 2.05) is 0 Å². The number of benzene rings is 2. The van der Waals surface area contributed by atoms with E-state index in [1.165, 1.54) is 6.07 Å².